The molecule has 1 aromatic heterocycles. The normalized spacial score (nSPS) is 15.0. The Balaban J connectivity index is 1.66. The highest BCUT2D eigenvalue weighted by Gasteiger charge is 2.33. The number of carbonyl (C=O) groups excluding carboxylic acids is 1. The lowest BCUT2D eigenvalue weighted by atomic mass is 9.95. The summed E-state index contributed by atoms with van der Waals surface area (Å²) in [5, 5.41) is 1.07. The summed E-state index contributed by atoms with van der Waals surface area (Å²) in [6.45, 7) is 2.16. The molecule has 11 heteroatoms. The fourth-order valence-corrected chi connectivity index (χ4v) is 8.10. The lowest BCUT2D eigenvalue weighted by Gasteiger charge is -2.25. The number of benzene rings is 3. The second-order valence-corrected chi connectivity index (χ2v) is 13.3. The zero-order chi connectivity index (χ0) is 29.3. The summed E-state index contributed by atoms with van der Waals surface area (Å²) in [5.41, 5.74) is 3.06. The number of carbonyl (C=O) groups is 1. The molecule has 0 aliphatic carbocycles. The lowest BCUT2D eigenvalue weighted by Crippen LogP contribution is -2.40. The van der Waals surface area contributed by atoms with Gasteiger partial charge in [0.15, 0.2) is 4.80 Å². The maximum atomic E-state index is 14.0. The van der Waals surface area contributed by atoms with E-state index in [-0.39, 0.29) is 12.2 Å². The lowest BCUT2D eigenvalue weighted by molar-refractivity contribution is -0.136. The van der Waals surface area contributed by atoms with Gasteiger partial charge in [0.2, 0.25) is 0 Å². The van der Waals surface area contributed by atoms with E-state index in [1.54, 1.807) is 16.7 Å². The van der Waals surface area contributed by atoms with Crippen LogP contribution in [0, 0.1) is 7.14 Å². The first-order chi connectivity index (χ1) is 19.7. The topological polar surface area (TPSA) is 69.9 Å². The number of ether oxygens (including phenoxy) is 2. The van der Waals surface area contributed by atoms with Crippen molar-refractivity contribution in [3.8, 4) is 5.75 Å². The Morgan fingerprint density at radius 1 is 1.12 bits per heavy atom. The largest absolute Gasteiger partial charge is 0.487 e. The minimum atomic E-state index is -0.657. The van der Waals surface area contributed by atoms with Crippen LogP contribution < -0.4 is 19.6 Å². The fraction of sp³-hybridized carbons (Fsp3) is 0.167. The molecule has 6 nitrogen and oxygen atoms in total. The number of aromatic nitrogens is 1. The monoisotopic (exact) mass is 830 g/mol. The highest BCUT2D eigenvalue weighted by Crippen LogP contribution is 2.33. The Labute approximate surface area is 277 Å². The highest BCUT2D eigenvalue weighted by molar-refractivity contribution is 14.1. The summed E-state index contributed by atoms with van der Waals surface area (Å²) < 4.78 is 15.3. The Kier molecular flexibility index (Phi) is 9.59. The Morgan fingerprint density at radius 2 is 1.88 bits per heavy atom. The van der Waals surface area contributed by atoms with Crippen molar-refractivity contribution in [3.05, 3.63) is 125 Å². The fourth-order valence-electron chi connectivity index (χ4n) is 4.58. The van der Waals surface area contributed by atoms with Crippen LogP contribution in [0.3, 0.4) is 0 Å². The molecule has 0 saturated carbocycles. The van der Waals surface area contributed by atoms with Crippen molar-refractivity contribution in [1.82, 2.24) is 4.57 Å². The van der Waals surface area contributed by atoms with Gasteiger partial charge in [-0.1, -0.05) is 77.9 Å². The summed E-state index contributed by atoms with van der Waals surface area (Å²) in [7, 11) is 1.34. The van der Waals surface area contributed by atoms with Gasteiger partial charge in [0, 0.05) is 24.7 Å². The van der Waals surface area contributed by atoms with Crippen LogP contribution in [0.5, 0.6) is 5.75 Å². The quantitative estimate of drug-likeness (QED) is 0.150. The predicted molar refractivity (Wildman–Crippen MR) is 180 cm³/mol. The molecule has 2 heterocycles. The number of hydrogen-bond acceptors (Lipinski definition) is 6. The van der Waals surface area contributed by atoms with Gasteiger partial charge < -0.3 is 9.47 Å². The van der Waals surface area contributed by atoms with Gasteiger partial charge in [0.25, 0.3) is 5.56 Å². The minimum Gasteiger partial charge on any atom is -0.487 e. The molecule has 210 valence electrons. The minimum absolute atomic E-state index is 0.227. The van der Waals surface area contributed by atoms with Crippen molar-refractivity contribution in [2.24, 2.45) is 4.99 Å². The summed E-state index contributed by atoms with van der Waals surface area (Å²) in [6.07, 6.45) is 2.33. The first-order valence-corrected chi connectivity index (χ1v) is 16.2. The molecule has 0 radical (unpaired) electrons. The molecular formula is C30H22Cl2I2N2O4S. The van der Waals surface area contributed by atoms with Crippen LogP contribution in [-0.2, 0) is 16.1 Å². The second-order valence-electron chi connectivity index (χ2n) is 9.03. The Morgan fingerprint density at radius 3 is 2.56 bits per heavy atom. The number of allylic oxidation sites excluding steroid dienone is 1. The molecule has 0 fully saturated rings. The van der Waals surface area contributed by atoms with Gasteiger partial charge in [-0.3, -0.25) is 9.36 Å². The molecule has 0 unspecified atom stereocenters. The van der Waals surface area contributed by atoms with E-state index in [0.717, 1.165) is 23.8 Å². The number of thiazole rings is 1. The number of rotatable bonds is 7. The molecule has 0 bridgehead atoms. The molecule has 0 N–H and O–H groups in total. The molecule has 1 aliphatic heterocycles. The van der Waals surface area contributed by atoms with Crippen molar-refractivity contribution in [1.29, 1.82) is 0 Å². The third-order valence-corrected chi connectivity index (χ3v) is 9.47. The zero-order valence-electron chi connectivity index (χ0n) is 21.8. The number of halogens is 4. The van der Waals surface area contributed by atoms with Gasteiger partial charge in [-0.15, -0.1) is 0 Å². The molecule has 0 spiro atoms. The summed E-state index contributed by atoms with van der Waals surface area (Å²) >= 11 is 18.2. The highest BCUT2D eigenvalue weighted by atomic mass is 127. The standard InChI is InChI=1S/C30H22Cl2I2N2O4S/c1-3-23-25(29(38)39-2)26(16-7-5-4-6-8-16)36-28(37)24(41-30(36)35-23)12-18-11-20(33)14-22(34)27(18)40-15-17-9-10-19(31)13-21(17)32/h4-14,26H,3,15H2,1-2H3/b24-12+/t26-/m0/s1. The molecule has 1 atom stereocenters. The first-order valence-electron chi connectivity index (χ1n) is 12.5. The van der Waals surface area contributed by atoms with Crippen molar-refractivity contribution >= 4 is 91.8 Å². The van der Waals surface area contributed by atoms with Crippen molar-refractivity contribution < 1.29 is 14.3 Å². The maximum absolute atomic E-state index is 14.0. The predicted octanol–water partition coefficient (Wildman–Crippen LogP) is 6.89. The van der Waals surface area contributed by atoms with Gasteiger partial charge >= 0.3 is 5.97 Å². The van der Waals surface area contributed by atoms with E-state index >= 15 is 0 Å². The average Bonchev–Trinajstić information content (AvgIpc) is 3.26. The molecule has 4 aromatic rings. The van der Waals surface area contributed by atoms with Crippen LogP contribution >= 0.6 is 79.7 Å². The van der Waals surface area contributed by atoms with Crippen LogP contribution in [-0.4, -0.2) is 17.6 Å². The number of methoxy groups -OCH3 is 1. The maximum Gasteiger partial charge on any atom is 0.338 e. The second kappa shape index (κ2) is 13.0. The van der Waals surface area contributed by atoms with Gasteiger partial charge in [-0.25, -0.2) is 9.79 Å². The number of nitrogens with zero attached hydrogens (tertiary/aromatic N) is 2. The number of fused-ring (bicyclic) bond motifs is 1. The summed E-state index contributed by atoms with van der Waals surface area (Å²) in [5.74, 6) is 0.129. The molecule has 0 amide bonds. The van der Waals surface area contributed by atoms with Crippen LogP contribution in [0.2, 0.25) is 10.0 Å². The SMILES string of the molecule is CCC1=C(C(=O)OC)[C@H](c2ccccc2)n2c(s/c(=C/c3cc(I)cc(I)c3OCc3ccc(Cl)cc3Cl)c2=O)=N1. The number of hydrogen-bond donors (Lipinski definition) is 0. The van der Waals surface area contributed by atoms with Crippen molar-refractivity contribution in [2.75, 3.05) is 7.11 Å². The van der Waals surface area contributed by atoms with Crippen LogP contribution in [0.1, 0.15) is 36.1 Å². The van der Waals surface area contributed by atoms with Crippen LogP contribution in [0.4, 0.5) is 0 Å². The molecular weight excluding hydrogens is 809 g/mol. The summed E-state index contributed by atoms with van der Waals surface area (Å²) in [6, 6.07) is 18.1. The molecule has 5 rings (SSSR count). The first kappa shape index (κ1) is 30.3. The van der Waals surface area contributed by atoms with Crippen LogP contribution in [0.15, 0.2) is 81.7 Å². The average molecular weight is 831 g/mol. The Hall–Kier alpha value is -2.19. The van der Waals surface area contributed by atoms with Crippen molar-refractivity contribution in [2.45, 2.75) is 26.0 Å². The van der Waals surface area contributed by atoms with E-state index in [9.17, 15) is 9.59 Å². The number of esters is 1. The van der Waals surface area contributed by atoms with Gasteiger partial charge in [-0.2, -0.15) is 0 Å². The molecule has 1 aliphatic rings. The third kappa shape index (κ3) is 6.29. The van der Waals surface area contributed by atoms with E-state index in [2.05, 4.69) is 45.2 Å². The van der Waals surface area contributed by atoms with E-state index < -0.39 is 12.0 Å². The van der Waals surface area contributed by atoms with Crippen LogP contribution in [0.25, 0.3) is 6.08 Å². The Bertz CT molecular complexity index is 1870. The van der Waals surface area contributed by atoms with Gasteiger partial charge in [0.1, 0.15) is 12.4 Å². The van der Waals surface area contributed by atoms with Gasteiger partial charge in [-0.05, 0) is 87.5 Å². The smallest absolute Gasteiger partial charge is 0.338 e. The molecule has 3 aromatic carbocycles. The van der Waals surface area contributed by atoms with E-state index in [1.807, 2.05) is 61.5 Å². The van der Waals surface area contributed by atoms with E-state index in [0.29, 0.717) is 42.8 Å². The van der Waals surface area contributed by atoms with E-state index in [1.165, 1.54) is 18.4 Å². The molecule has 41 heavy (non-hydrogen) atoms. The van der Waals surface area contributed by atoms with Gasteiger partial charge in [0.05, 0.1) is 32.5 Å². The zero-order valence-corrected chi connectivity index (χ0v) is 28.4. The summed E-state index contributed by atoms with van der Waals surface area (Å²) in [4.78, 5) is 32.3. The van der Waals surface area contributed by atoms with Crippen molar-refractivity contribution in [3.63, 3.8) is 0 Å². The third-order valence-electron chi connectivity index (χ3n) is 6.48. The molecule has 0 saturated heterocycles. The van der Waals surface area contributed by atoms with E-state index in [4.69, 9.17) is 37.7 Å².